The Morgan fingerprint density at radius 2 is 1.50 bits per heavy atom. The molecule has 1 aromatic heterocycles. The number of phenols is 1. The summed E-state index contributed by atoms with van der Waals surface area (Å²) in [5.41, 5.74) is 7.89. The highest BCUT2D eigenvalue weighted by atomic mass is 16.3. The summed E-state index contributed by atoms with van der Waals surface area (Å²) in [7, 11) is 0. The normalized spacial score (nSPS) is 10.9. The highest BCUT2D eigenvalue weighted by Gasteiger charge is 2.17. The molecule has 3 nitrogen and oxygen atoms in total. The van der Waals surface area contributed by atoms with E-state index >= 15 is 0 Å². The van der Waals surface area contributed by atoms with Gasteiger partial charge >= 0.3 is 0 Å². The molecule has 3 aromatic rings. The molecule has 22 heavy (non-hydrogen) atoms. The van der Waals surface area contributed by atoms with Gasteiger partial charge in [-0.25, -0.2) is 4.68 Å². The van der Waals surface area contributed by atoms with Crippen LogP contribution >= 0.6 is 0 Å². The predicted octanol–water partition coefficient (Wildman–Crippen LogP) is 4.48. The van der Waals surface area contributed by atoms with Gasteiger partial charge in [0.2, 0.25) is 0 Å². The van der Waals surface area contributed by atoms with Crippen LogP contribution in [0, 0.1) is 27.7 Å². The van der Waals surface area contributed by atoms with Crippen LogP contribution in [-0.2, 0) is 0 Å². The van der Waals surface area contributed by atoms with E-state index in [-0.39, 0.29) is 5.75 Å². The van der Waals surface area contributed by atoms with E-state index in [1.807, 2.05) is 23.7 Å². The van der Waals surface area contributed by atoms with Gasteiger partial charge in [-0.1, -0.05) is 24.3 Å². The maximum Gasteiger partial charge on any atom is 0.117 e. The second kappa shape index (κ2) is 5.34. The molecule has 0 aliphatic carbocycles. The van der Waals surface area contributed by atoms with Crippen molar-refractivity contribution in [2.24, 2.45) is 0 Å². The highest BCUT2D eigenvalue weighted by molar-refractivity contribution is 5.75. The second-order valence-electron chi connectivity index (χ2n) is 5.74. The van der Waals surface area contributed by atoms with Crippen molar-refractivity contribution in [1.29, 1.82) is 0 Å². The Labute approximate surface area is 130 Å². The molecule has 0 radical (unpaired) electrons. The molecular weight excluding hydrogens is 272 g/mol. The zero-order valence-corrected chi connectivity index (χ0v) is 13.4. The van der Waals surface area contributed by atoms with Crippen LogP contribution < -0.4 is 0 Å². The van der Waals surface area contributed by atoms with Crippen molar-refractivity contribution in [1.82, 2.24) is 9.78 Å². The van der Waals surface area contributed by atoms with Gasteiger partial charge in [0.15, 0.2) is 0 Å². The van der Waals surface area contributed by atoms with E-state index in [1.165, 1.54) is 22.3 Å². The zero-order chi connectivity index (χ0) is 15.9. The fraction of sp³-hybridized carbons (Fsp3) is 0.211. The van der Waals surface area contributed by atoms with Gasteiger partial charge < -0.3 is 5.11 Å². The summed E-state index contributed by atoms with van der Waals surface area (Å²) in [6.45, 7) is 8.37. The van der Waals surface area contributed by atoms with Gasteiger partial charge in [-0.2, -0.15) is 5.10 Å². The molecule has 0 aliphatic heterocycles. The first kappa shape index (κ1) is 14.4. The van der Waals surface area contributed by atoms with Crippen LogP contribution in [0.4, 0.5) is 0 Å². The molecule has 0 atom stereocenters. The zero-order valence-electron chi connectivity index (χ0n) is 13.4. The summed E-state index contributed by atoms with van der Waals surface area (Å²) in [6, 6.07) is 13.5. The van der Waals surface area contributed by atoms with E-state index in [1.54, 1.807) is 12.1 Å². The lowest BCUT2D eigenvalue weighted by Crippen LogP contribution is -1.99. The maximum absolute atomic E-state index is 9.71. The Morgan fingerprint density at radius 1 is 0.864 bits per heavy atom. The summed E-state index contributed by atoms with van der Waals surface area (Å²) in [4.78, 5) is 0. The topological polar surface area (TPSA) is 38.0 Å². The largest absolute Gasteiger partial charge is 0.508 e. The molecule has 0 unspecified atom stereocenters. The van der Waals surface area contributed by atoms with E-state index in [4.69, 9.17) is 0 Å². The van der Waals surface area contributed by atoms with Gasteiger partial charge in [0.25, 0.3) is 0 Å². The number of phenolic OH excluding ortho intramolecular Hbond substituents is 1. The highest BCUT2D eigenvalue weighted by Crippen LogP contribution is 2.33. The standard InChI is InChI=1S/C19H20N2O/c1-12-7-5-8-13(2)18(12)19-14(3)20-21(15(19)4)16-9-6-10-17(22)11-16/h5-11,22H,1-4H3. The van der Waals surface area contributed by atoms with Gasteiger partial charge in [0, 0.05) is 17.3 Å². The summed E-state index contributed by atoms with van der Waals surface area (Å²) in [6.07, 6.45) is 0. The lowest BCUT2D eigenvalue weighted by Gasteiger charge is -2.11. The quantitative estimate of drug-likeness (QED) is 0.756. The number of nitrogens with zero attached hydrogens (tertiary/aromatic N) is 2. The summed E-state index contributed by atoms with van der Waals surface area (Å²) in [5.74, 6) is 0.249. The molecule has 3 heteroatoms. The fourth-order valence-corrected chi connectivity index (χ4v) is 3.09. The molecule has 1 heterocycles. The summed E-state index contributed by atoms with van der Waals surface area (Å²) < 4.78 is 1.90. The lowest BCUT2D eigenvalue weighted by molar-refractivity contribution is 0.474. The molecule has 3 rings (SSSR count). The Hall–Kier alpha value is -2.55. The minimum Gasteiger partial charge on any atom is -0.508 e. The number of hydrogen-bond donors (Lipinski definition) is 1. The average Bonchev–Trinajstić information content (AvgIpc) is 2.75. The first-order valence-corrected chi connectivity index (χ1v) is 7.41. The number of rotatable bonds is 2. The summed E-state index contributed by atoms with van der Waals surface area (Å²) in [5, 5.41) is 14.4. The Balaban J connectivity index is 2.24. The van der Waals surface area contributed by atoms with Crippen molar-refractivity contribution in [3.05, 3.63) is 65.0 Å². The molecule has 0 saturated carbocycles. The maximum atomic E-state index is 9.71. The van der Waals surface area contributed by atoms with Gasteiger partial charge in [-0.3, -0.25) is 0 Å². The van der Waals surface area contributed by atoms with Gasteiger partial charge in [-0.05, 0) is 56.5 Å². The van der Waals surface area contributed by atoms with E-state index in [0.717, 1.165) is 17.1 Å². The van der Waals surface area contributed by atoms with Crippen LogP contribution in [0.5, 0.6) is 5.75 Å². The Morgan fingerprint density at radius 3 is 2.14 bits per heavy atom. The van der Waals surface area contributed by atoms with Crippen molar-refractivity contribution < 1.29 is 5.11 Å². The van der Waals surface area contributed by atoms with E-state index in [0.29, 0.717) is 0 Å². The van der Waals surface area contributed by atoms with Crippen LogP contribution in [0.25, 0.3) is 16.8 Å². The first-order chi connectivity index (χ1) is 10.5. The molecule has 0 saturated heterocycles. The Bertz CT molecular complexity index is 826. The van der Waals surface area contributed by atoms with Crippen molar-refractivity contribution in [3.8, 4) is 22.6 Å². The first-order valence-electron chi connectivity index (χ1n) is 7.41. The second-order valence-corrected chi connectivity index (χ2v) is 5.74. The SMILES string of the molecule is Cc1cccc(C)c1-c1c(C)nn(-c2cccc(O)c2)c1C. The van der Waals surface area contributed by atoms with Crippen LogP contribution in [0.3, 0.4) is 0 Å². The third-order valence-corrected chi connectivity index (χ3v) is 4.10. The van der Waals surface area contributed by atoms with Crippen LogP contribution in [0.1, 0.15) is 22.5 Å². The minimum atomic E-state index is 0.249. The van der Waals surface area contributed by atoms with Gasteiger partial charge in [0.05, 0.1) is 11.4 Å². The molecule has 0 amide bonds. The molecule has 112 valence electrons. The van der Waals surface area contributed by atoms with Crippen molar-refractivity contribution in [2.45, 2.75) is 27.7 Å². The third kappa shape index (κ3) is 2.29. The average molecular weight is 292 g/mol. The molecule has 0 bridgehead atoms. The van der Waals surface area contributed by atoms with Gasteiger partial charge in [0.1, 0.15) is 5.75 Å². The van der Waals surface area contributed by atoms with Crippen molar-refractivity contribution in [2.75, 3.05) is 0 Å². The van der Waals surface area contributed by atoms with E-state index in [9.17, 15) is 5.11 Å². The van der Waals surface area contributed by atoms with Crippen LogP contribution in [0.2, 0.25) is 0 Å². The molecule has 0 fully saturated rings. The number of benzene rings is 2. The summed E-state index contributed by atoms with van der Waals surface area (Å²) >= 11 is 0. The molecular formula is C19H20N2O. The number of aromatic hydroxyl groups is 1. The number of aromatic nitrogens is 2. The molecule has 0 spiro atoms. The van der Waals surface area contributed by atoms with Gasteiger partial charge in [-0.15, -0.1) is 0 Å². The minimum absolute atomic E-state index is 0.249. The third-order valence-electron chi connectivity index (χ3n) is 4.10. The monoisotopic (exact) mass is 292 g/mol. The van der Waals surface area contributed by atoms with E-state index < -0.39 is 0 Å². The van der Waals surface area contributed by atoms with Crippen molar-refractivity contribution >= 4 is 0 Å². The van der Waals surface area contributed by atoms with Crippen LogP contribution in [-0.4, -0.2) is 14.9 Å². The lowest BCUT2D eigenvalue weighted by atomic mass is 9.94. The molecule has 2 aromatic carbocycles. The van der Waals surface area contributed by atoms with Crippen molar-refractivity contribution in [3.63, 3.8) is 0 Å². The molecule has 1 N–H and O–H groups in total. The van der Waals surface area contributed by atoms with E-state index in [2.05, 4.69) is 44.1 Å². The number of hydrogen-bond acceptors (Lipinski definition) is 2. The van der Waals surface area contributed by atoms with Crippen LogP contribution in [0.15, 0.2) is 42.5 Å². The Kier molecular flexibility index (Phi) is 3.49. The fourth-order valence-electron chi connectivity index (χ4n) is 3.09. The molecule has 0 aliphatic rings. The predicted molar refractivity (Wildman–Crippen MR) is 89.6 cm³/mol. The number of aryl methyl sites for hydroxylation is 3. The smallest absolute Gasteiger partial charge is 0.117 e.